The van der Waals surface area contributed by atoms with Gasteiger partial charge in [-0.05, 0) is 19.1 Å². The largest absolute Gasteiger partial charge is 0.358 e. The zero-order valence-corrected chi connectivity index (χ0v) is 13.7. The average molecular weight is 347 g/mol. The first kappa shape index (κ1) is 17.8. The number of hydrogen-bond donors (Lipinski definition) is 1. The summed E-state index contributed by atoms with van der Waals surface area (Å²) in [5, 5.41) is 2.53. The topological polar surface area (TPSA) is 69.7 Å². The fourth-order valence-electron chi connectivity index (χ4n) is 2.56. The van der Waals surface area contributed by atoms with Crippen LogP contribution in [0.3, 0.4) is 0 Å². The van der Waals surface area contributed by atoms with E-state index in [0.717, 1.165) is 22.5 Å². The molecule has 1 saturated heterocycles. The standard InChI is InChI=1S/C14H19F2N3O3S/c1-10(14(20)17-2)18-6-8-19(9-7-18)23(21,22)13-11(15)4-3-5-12(13)16/h3-5,10H,6-9H2,1-2H3,(H,17,20)/t10-/m1/s1. The number of nitrogens with zero attached hydrogens (tertiary/aromatic N) is 2. The molecule has 1 heterocycles. The molecule has 1 aromatic rings. The first-order chi connectivity index (χ1) is 10.8. The van der Waals surface area contributed by atoms with Crippen molar-refractivity contribution in [3.63, 3.8) is 0 Å². The van der Waals surface area contributed by atoms with Crippen LogP contribution in [-0.2, 0) is 14.8 Å². The van der Waals surface area contributed by atoms with Crippen molar-refractivity contribution >= 4 is 15.9 Å². The van der Waals surface area contributed by atoms with Crippen LogP contribution in [0.5, 0.6) is 0 Å². The summed E-state index contributed by atoms with van der Waals surface area (Å²) in [6.07, 6.45) is 0. The number of amides is 1. The number of rotatable bonds is 4. The van der Waals surface area contributed by atoms with E-state index in [0.29, 0.717) is 13.1 Å². The Balaban J connectivity index is 2.15. The summed E-state index contributed by atoms with van der Waals surface area (Å²) in [6.45, 7) is 2.47. The second-order valence-corrected chi connectivity index (χ2v) is 7.16. The average Bonchev–Trinajstić information content (AvgIpc) is 2.53. The van der Waals surface area contributed by atoms with Crippen LogP contribution in [0.2, 0.25) is 0 Å². The third-order valence-corrected chi connectivity index (χ3v) is 5.91. The number of nitrogens with one attached hydrogen (secondary N) is 1. The second kappa shape index (κ2) is 6.90. The summed E-state index contributed by atoms with van der Waals surface area (Å²) in [5.74, 6) is -2.38. The molecule has 1 atom stereocenters. The molecule has 0 bridgehead atoms. The fraction of sp³-hybridized carbons (Fsp3) is 0.500. The molecular weight excluding hydrogens is 328 g/mol. The highest BCUT2D eigenvalue weighted by atomic mass is 32.2. The maximum Gasteiger partial charge on any atom is 0.249 e. The van der Waals surface area contributed by atoms with Gasteiger partial charge in [0.05, 0.1) is 6.04 Å². The summed E-state index contributed by atoms with van der Waals surface area (Å²) in [6, 6.07) is 2.56. The molecule has 2 rings (SSSR count). The van der Waals surface area contributed by atoms with E-state index >= 15 is 0 Å². The smallest absolute Gasteiger partial charge is 0.249 e. The molecule has 6 nitrogen and oxygen atoms in total. The Kier molecular flexibility index (Phi) is 5.33. The Morgan fingerprint density at radius 2 is 1.70 bits per heavy atom. The minimum Gasteiger partial charge on any atom is -0.358 e. The van der Waals surface area contributed by atoms with Crippen LogP contribution in [-0.4, -0.2) is 62.8 Å². The zero-order chi connectivity index (χ0) is 17.2. The quantitative estimate of drug-likeness (QED) is 0.856. The van der Waals surface area contributed by atoms with Crippen molar-refractivity contribution in [2.45, 2.75) is 17.9 Å². The van der Waals surface area contributed by atoms with Crippen molar-refractivity contribution in [3.05, 3.63) is 29.8 Å². The molecule has 128 valence electrons. The predicted octanol–water partition coefficient (Wildman–Crippen LogP) is 0.406. The van der Waals surface area contributed by atoms with Gasteiger partial charge in [-0.1, -0.05) is 6.07 Å². The molecule has 0 radical (unpaired) electrons. The number of sulfonamides is 1. The van der Waals surface area contributed by atoms with Crippen LogP contribution in [0.25, 0.3) is 0 Å². The molecule has 0 aliphatic carbocycles. The summed E-state index contributed by atoms with van der Waals surface area (Å²) >= 11 is 0. The number of hydrogen-bond acceptors (Lipinski definition) is 4. The molecule has 1 N–H and O–H groups in total. The van der Waals surface area contributed by atoms with E-state index in [-0.39, 0.29) is 19.0 Å². The predicted molar refractivity (Wildman–Crippen MR) is 80.2 cm³/mol. The van der Waals surface area contributed by atoms with Gasteiger partial charge in [0.25, 0.3) is 0 Å². The number of carbonyl (C=O) groups excluding carboxylic acids is 1. The van der Waals surface area contributed by atoms with Gasteiger partial charge in [-0.25, -0.2) is 17.2 Å². The molecule has 0 unspecified atom stereocenters. The highest BCUT2D eigenvalue weighted by Crippen LogP contribution is 2.23. The third-order valence-electron chi connectivity index (χ3n) is 3.96. The van der Waals surface area contributed by atoms with Crippen LogP contribution < -0.4 is 5.32 Å². The number of piperazine rings is 1. The minimum absolute atomic E-state index is 0.0669. The molecule has 1 amide bonds. The minimum atomic E-state index is -4.24. The number of benzene rings is 1. The SMILES string of the molecule is CNC(=O)[C@@H](C)N1CCN(S(=O)(=O)c2c(F)cccc2F)CC1. The molecule has 23 heavy (non-hydrogen) atoms. The zero-order valence-electron chi connectivity index (χ0n) is 12.9. The van der Waals surface area contributed by atoms with Gasteiger partial charge in [0.1, 0.15) is 11.6 Å². The molecule has 1 aromatic carbocycles. The van der Waals surface area contributed by atoms with Crippen molar-refractivity contribution in [2.24, 2.45) is 0 Å². The lowest BCUT2D eigenvalue weighted by Gasteiger charge is -2.36. The van der Waals surface area contributed by atoms with Crippen LogP contribution >= 0.6 is 0 Å². The highest BCUT2D eigenvalue weighted by Gasteiger charge is 2.34. The van der Waals surface area contributed by atoms with E-state index in [9.17, 15) is 22.0 Å². The van der Waals surface area contributed by atoms with Crippen LogP contribution in [0.1, 0.15) is 6.92 Å². The van der Waals surface area contributed by atoms with Crippen molar-refractivity contribution < 1.29 is 22.0 Å². The molecular formula is C14H19F2N3O3S. The maximum atomic E-state index is 13.7. The first-order valence-corrected chi connectivity index (χ1v) is 8.63. The van der Waals surface area contributed by atoms with Crippen LogP contribution in [0.15, 0.2) is 23.1 Å². The van der Waals surface area contributed by atoms with Gasteiger partial charge in [0.2, 0.25) is 15.9 Å². The number of carbonyl (C=O) groups is 1. The highest BCUT2D eigenvalue weighted by molar-refractivity contribution is 7.89. The van der Waals surface area contributed by atoms with Crippen LogP contribution in [0.4, 0.5) is 8.78 Å². The summed E-state index contributed by atoms with van der Waals surface area (Å²) in [5.41, 5.74) is 0. The van der Waals surface area contributed by atoms with Gasteiger partial charge in [-0.15, -0.1) is 0 Å². The Hall–Kier alpha value is -1.58. The molecule has 0 spiro atoms. The fourth-order valence-corrected chi connectivity index (χ4v) is 4.10. The lowest BCUT2D eigenvalue weighted by Crippen LogP contribution is -2.54. The van der Waals surface area contributed by atoms with Crippen molar-refractivity contribution in [3.8, 4) is 0 Å². The Bertz CT molecular complexity index is 668. The van der Waals surface area contributed by atoms with Crippen LogP contribution in [0, 0.1) is 11.6 Å². The molecule has 1 aliphatic rings. The summed E-state index contributed by atoms with van der Waals surface area (Å²) < 4.78 is 53.4. The summed E-state index contributed by atoms with van der Waals surface area (Å²) in [4.78, 5) is 12.5. The van der Waals surface area contributed by atoms with Gasteiger partial charge < -0.3 is 5.32 Å². The van der Waals surface area contributed by atoms with Gasteiger partial charge in [-0.3, -0.25) is 9.69 Å². The third kappa shape index (κ3) is 3.51. The normalized spacial score (nSPS) is 18.6. The van der Waals surface area contributed by atoms with Gasteiger partial charge in [-0.2, -0.15) is 4.31 Å². The van der Waals surface area contributed by atoms with E-state index in [1.807, 2.05) is 4.90 Å². The maximum absolute atomic E-state index is 13.7. The molecule has 0 saturated carbocycles. The van der Waals surface area contributed by atoms with E-state index < -0.39 is 32.6 Å². The Labute approximate surface area is 134 Å². The van der Waals surface area contributed by atoms with E-state index in [1.54, 1.807) is 6.92 Å². The number of halogens is 2. The number of likely N-dealkylation sites (N-methyl/N-ethyl adjacent to an activating group) is 1. The second-order valence-electron chi connectivity index (χ2n) is 5.28. The molecule has 1 fully saturated rings. The van der Waals surface area contributed by atoms with Crippen molar-refractivity contribution in [1.29, 1.82) is 0 Å². The van der Waals surface area contributed by atoms with Gasteiger partial charge >= 0.3 is 0 Å². The van der Waals surface area contributed by atoms with Crippen molar-refractivity contribution in [1.82, 2.24) is 14.5 Å². The molecule has 9 heteroatoms. The van der Waals surface area contributed by atoms with E-state index in [2.05, 4.69) is 5.32 Å². The van der Waals surface area contributed by atoms with Gasteiger partial charge in [0, 0.05) is 33.2 Å². The van der Waals surface area contributed by atoms with E-state index in [1.165, 1.54) is 7.05 Å². The first-order valence-electron chi connectivity index (χ1n) is 7.19. The Morgan fingerprint density at radius 3 is 2.17 bits per heavy atom. The lowest BCUT2D eigenvalue weighted by molar-refractivity contribution is -0.125. The monoisotopic (exact) mass is 347 g/mol. The molecule has 0 aromatic heterocycles. The van der Waals surface area contributed by atoms with Crippen molar-refractivity contribution in [2.75, 3.05) is 33.2 Å². The lowest BCUT2D eigenvalue weighted by atomic mass is 10.2. The van der Waals surface area contributed by atoms with E-state index in [4.69, 9.17) is 0 Å². The van der Waals surface area contributed by atoms with Gasteiger partial charge in [0.15, 0.2) is 4.90 Å². The summed E-state index contributed by atoms with van der Waals surface area (Å²) in [7, 11) is -2.71. The Morgan fingerprint density at radius 1 is 1.17 bits per heavy atom. The molecule has 1 aliphatic heterocycles.